The van der Waals surface area contributed by atoms with Crippen LogP contribution in [0.2, 0.25) is 0 Å². The number of thiophene rings is 1. The molecule has 0 unspecified atom stereocenters. The van der Waals surface area contributed by atoms with Crippen LogP contribution in [-0.2, 0) is 11.2 Å². The van der Waals surface area contributed by atoms with E-state index in [2.05, 4.69) is 18.2 Å². The number of primary amides is 1. The molecule has 1 amide bonds. The van der Waals surface area contributed by atoms with Crippen LogP contribution in [0.25, 0.3) is 10.1 Å². The summed E-state index contributed by atoms with van der Waals surface area (Å²) >= 11 is 1.66. The van der Waals surface area contributed by atoms with Gasteiger partial charge >= 0.3 is 0 Å². The lowest BCUT2D eigenvalue weighted by Crippen LogP contribution is -2.13. The molecule has 1 aromatic heterocycles. The van der Waals surface area contributed by atoms with Gasteiger partial charge in [-0.05, 0) is 29.3 Å². The van der Waals surface area contributed by atoms with Gasteiger partial charge < -0.3 is 5.73 Å². The van der Waals surface area contributed by atoms with Crippen LogP contribution in [0.5, 0.6) is 0 Å². The van der Waals surface area contributed by atoms with E-state index in [1.807, 2.05) is 12.3 Å². The van der Waals surface area contributed by atoms with Crippen LogP contribution in [0, 0.1) is 6.92 Å². The Hall–Kier alpha value is -1.35. The fourth-order valence-electron chi connectivity index (χ4n) is 1.52. The average molecular weight is 205 g/mol. The minimum absolute atomic E-state index is 0.272. The molecule has 2 nitrogen and oxygen atoms in total. The Morgan fingerprint density at radius 1 is 1.50 bits per heavy atom. The Bertz CT molecular complexity index is 487. The van der Waals surface area contributed by atoms with Crippen LogP contribution >= 0.6 is 11.3 Å². The molecule has 0 atom stereocenters. The lowest BCUT2D eigenvalue weighted by Gasteiger charge is -1.96. The van der Waals surface area contributed by atoms with Gasteiger partial charge in [-0.25, -0.2) is 0 Å². The number of carbonyl (C=O) groups excluding carboxylic acids is 1. The second-order valence-electron chi connectivity index (χ2n) is 3.40. The SMILES string of the molecule is Cc1ccc2scc(CC(N)=O)c2c1. The van der Waals surface area contributed by atoms with Crippen LogP contribution in [-0.4, -0.2) is 5.91 Å². The summed E-state index contributed by atoms with van der Waals surface area (Å²) in [6.07, 6.45) is 0.337. The van der Waals surface area contributed by atoms with E-state index in [9.17, 15) is 4.79 Å². The Morgan fingerprint density at radius 3 is 3.00 bits per heavy atom. The molecule has 1 aromatic carbocycles. The third kappa shape index (κ3) is 1.63. The van der Waals surface area contributed by atoms with Crippen LogP contribution in [0.15, 0.2) is 23.6 Å². The molecule has 1 heterocycles. The molecule has 2 rings (SSSR count). The highest BCUT2D eigenvalue weighted by molar-refractivity contribution is 7.17. The van der Waals surface area contributed by atoms with Crippen molar-refractivity contribution in [2.75, 3.05) is 0 Å². The summed E-state index contributed by atoms with van der Waals surface area (Å²) in [4.78, 5) is 10.8. The fourth-order valence-corrected chi connectivity index (χ4v) is 2.46. The number of fused-ring (bicyclic) bond motifs is 1. The van der Waals surface area contributed by atoms with Gasteiger partial charge in [0.25, 0.3) is 0 Å². The normalized spacial score (nSPS) is 10.6. The van der Waals surface area contributed by atoms with Gasteiger partial charge in [0.1, 0.15) is 0 Å². The molecule has 14 heavy (non-hydrogen) atoms. The predicted molar refractivity (Wildman–Crippen MR) is 59.5 cm³/mol. The van der Waals surface area contributed by atoms with E-state index in [0.29, 0.717) is 6.42 Å². The van der Waals surface area contributed by atoms with Crippen molar-refractivity contribution in [3.8, 4) is 0 Å². The lowest BCUT2D eigenvalue weighted by atomic mass is 10.1. The van der Waals surface area contributed by atoms with Gasteiger partial charge in [0.15, 0.2) is 0 Å². The summed E-state index contributed by atoms with van der Waals surface area (Å²) in [6.45, 7) is 2.05. The standard InChI is InChI=1S/C11H11NOS/c1-7-2-3-10-9(4-7)8(6-14-10)5-11(12)13/h2-4,6H,5H2,1H3,(H2,12,13). The first-order chi connectivity index (χ1) is 6.66. The first kappa shape index (κ1) is 9.21. The minimum Gasteiger partial charge on any atom is -0.369 e. The first-order valence-corrected chi connectivity index (χ1v) is 5.30. The molecule has 0 bridgehead atoms. The Balaban J connectivity index is 2.55. The Labute approximate surface area is 86.3 Å². The zero-order valence-electron chi connectivity index (χ0n) is 7.91. The van der Waals surface area contributed by atoms with E-state index in [4.69, 9.17) is 5.73 Å². The van der Waals surface area contributed by atoms with Gasteiger partial charge in [0.05, 0.1) is 6.42 Å². The monoisotopic (exact) mass is 205 g/mol. The highest BCUT2D eigenvalue weighted by Gasteiger charge is 2.06. The maximum absolute atomic E-state index is 10.8. The summed E-state index contributed by atoms with van der Waals surface area (Å²) in [6, 6.07) is 6.26. The van der Waals surface area contributed by atoms with Crippen molar-refractivity contribution in [2.45, 2.75) is 13.3 Å². The lowest BCUT2D eigenvalue weighted by molar-refractivity contribution is -0.117. The molecule has 0 aliphatic carbocycles. The zero-order valence-corrected chi connectivity index (χ0v) is 8.73. The molecule has 2 aromatic rings. The van der Waals surface area contributed by atoms with Gasteiger partial charge in [-0.15, -0.1) is 11.3 Å². The van der Waals surface area contributed by atoms with E-state index >= 15 is 0 Å². The van der Waals surface area contributed by atoms with Crippen molar-refractivity contribution in [1.29, 1.82) is 0 Å². The summed E-state index contributed by atoms with van der Waals surface area (Å²) in [5.74, 6) is -0.272. The largest absolute Gasteiger partial charge is 0.369 e. The highest BCUT2D eigenvalue weighted by Crippen LogP contribution is 2.27. The predicted octanol–water partition coefficient (Wildman–Crippen LogP) is 2.24. The van der Waals surface area contributed by atoms with Crippen LogP contribution in [0.4, 0.5) is 0 Å². The summed E-state index contributed by atoms with van der Waals surface area (Å²) in [7, 11) is 0. The maximum Gasteiger partial charge on any atom is 0.221 e. The first-order valence-electron chi connectivity index (χ1n) is 4.42. The maximum atomic E-state index is 10.8. The van der Waals surface area contributed by atoms with Crippen LogP contribution < -0.4 is 5.73 Å². The van der Waals surface area contributed by atoms with E-state index in [0.717, 1.165) is 10.9 Å². The summed E-state index contributed by atoms with van der Waals surface area (Å²) in [5.41, 5.74) is 7.43. The van der Waals surface area contributed by atoms with E-state index in [-0.39, 0.29) is 5.91 Å². The van der Waals surface area contributed by atoms with E-state index in [1.54, 1.807) is 11.3 Å². The number of carbonyl (C=O) groups is 1. The number of rotatable bonds is 2. The molecule has 3 heteroatoms. The molecule has 0 radical (unpaired) electrons. The zero-order chi connectivity index (χ0) is 10.1. The molecule has 0 saturated heterocycles. The summed E-state index contributed by atoms with van der Waals surface area (Å²) in [5, 5.41) is 3.17. The van der Waals surface area contributed by atoms with Crippen molar-refractivity contribution in [2.24, 2.45) is 5.73 Å². The molecule has 2 N–H and O–H groups in total. The molecule has 0 spiro atoms. The number of aryl methyl sites for hydroxylation is 1. The van der Waals surface area contributed by atoms with E-state index < -0.39 is 0 Å². The van der Waals surface area contributed by atoms with Gasteiger partial charge in [-0.3, -0.25) is 4.79 Å². The molecule has 0 saturated carbocycles. The highest BCUT2D eigenvalue weighted by atomic mass is 32.1. The number of benzene rings is 1. The Morgan fingerprint density at radius 2 is 2.29 bits per heavy atom. The number of amides is 1. The number of hydrogen-bond donors (Lipinski definition) is 1. The molecular formula is C11H11NOS. The molecular weight excluding hydrogens is 194 g/mol. The average Bonchev–Trinajstić information content (AvgIpc) is 2.47. The van der Waals surface area contributed by atoms with Crippen molar-refractivity contribution >= 4 is 27.3 Å². The molecule has 0 aliphatic heterocycles. The Kier molecular flexibility index (Phi) is 2.25. The topological polar surface area (TPSA) is 43.1 Å². The van der Waals surface area contributed by atoms with Gasteiger partial charge in [-0.2, -0.15) is 0 Å². The second kappa shape index (κ2) is 3.42. The van der Waals surface area contributed by atoms with Crippen molar-refractivity contribution in [1.82, 2.24) is 0 Å². The number of hydrogen-bond acceptors (Lipinski definition) is 2. The third-order valence-electron chi connectivity index (χ3n) is 2.17. The molecule has 0 aliphatic rings. The smallest absolute Gasteiger partial charge is 0.221 e. The molecule has 0 fully saturated rings. The van der Waals surface area contributed by atoms with Crippen LogP contribution in [0.3, 0.4) is 0 Å². The quantitative estimate of drug-likeness (QED) is 0.802. The minimum atomic E-state index is -0.272. The van der Waals surface area contributed by atoms with Gasteiger partial charge in [0.2, 0.25) is 5.91 Å². The van der Waals surface area contributed by atoms with Crippen molar-refractivity contribution in [3.05, 3.63) is 34.7 Å². The van der Waals surface area contributed by atoms with Gasteiger partial charge in [-0.1, -0.05) is 17.7 Å². The van der Waals surface area contributed by atoms with Gasteiger partial charge in [0, 0.05) is 4.70 Å². The summed E-state index contributed by atoms with van der Waals surface area (Å²) < 4.78 is 1.21. The molecule has 72 valence electrons. The van der Waals surface area contributed by atoms with Crippen molar-refractivity contribution < 1.29 is 4.79 Å². The van der Waals surface area contributed by atoms with E-state index in [1.165, 1.54) is 10.3 Å². The third-order valence-corrected chi connectivity index (χ3v) is 3.19. The van der Waals surface area contributed by atoms with Crippen molar-refractivity contribution in [3.63, 3.8) is 0 Å². The second-order valence-corrected chi connectivity index (χ2v) is 4.31. The fraction of sp³-hybridized carbons (Fsp3) is 0.182. The van der Waals surface area contributed by atoms with Crippen LogP contribution in [0.1, 0.15) is 11.1 Å². The number of nitrogens with two attached hydrogens (primary N) is 1.